The van der Waals surface area contributed by atoms with Gasteiger partial charge in [0.2, 0.25) is 0 Å². The van der Waals surface area contributed by atoms with Crippen molar-refractivity contribution in [2.24, 2.45) is 0 Å². The predicted octanol–water partition coefficient (Wildman–Crippen LogP) is 3.52. The molecule has 2 heteroatoms. The van der Waals surface area contributed by atoms with Gasteiger partial charge in [0.15, 0.2) is 0 Å². The van der Waals surface area contributed by atoms with Crippen LogP contribution in [0.3, 0.4) is 0 Å². The lowest BCUT2D eigenvalue weighted by molar-refractivity contribution is 0.0170. The average molecular weight is 216 g/mol. The van der Waals surface area contributed by atoms with Crippen molar-refractivity contribution in [1.29, 1.82) is 0 Å². The Bertz CT molecular complexity index is 107. The maximum Gasteiger partial charge on any atom is 0.0701 e. The summed E-state index contributed by atoms with van der Waals surface area (Å²) in [5.41, 5.74) is 0. The van der Waals surface area contributed by atoms with Crippen LogP contribution in [0, 0.1) is 0 Å². The first kappa shape index (κ1) is 14.9. The van der Waals surface area contributed by atoms with Crippen LogP contribution in [0.4, 0.5) is 0 Å². The zero-order valence-corrected chi connectivity index (χ0v) is 10.5. The summed E-state index contributed by atoms with van der Waals surface area (Å²) in [5, 5.41) is 8.73. The van der Waals surface area contributed by atoms with Crippen LogP contribution in [0.15, 0.2) is 0 Å². The Balaban J connectivity index is 3.49. The second kappa shape index (κ2) is 12.0. The molecule has 15 heavy (non-hydrogen) atoms. The Labute approximate surface area is 95.0 Å². The zero-order chi connectivity index (χ0) is 11.4. The van der Waals surface area contributed by atoms with E-state index >= 15 is 0 Å². The summed E-state index contributed by atoms with van der Waals surface area (Å²) in [6.45, 7) is 5.09. The second-order valence-electron chi connectivity index (χ2n) is 4.21. The van der Waals surface area contributed by atoms with Crippen LogP contribution < -0.4 is 0 Å². The highest BCUT2D eigenvalue weighted by molar-refractivity contribution is 4.59. The van der Waals surface area contributed by atoms with Gasteiger partial charge in [-0.15, -0.1) is 0 Å². The molecule has 0 fully saturated rings. The summed E-state index contributed by atoms with van der Waals surface area (Å²) in [5.74, 6) is 0. The molecule has 2 nitrogen and oxygen atoms in total. The monoisotopic (exact) mass is 216 g/mol. The van der Waals surface area contributed by atoms with E-state index in [1.807, 2.05) is 0 Å². The van der Waals surface area contributed by atoms with Crippen molar-refractivity contribution in [2.45, 2.75) is 71.3 Å². The van der Waals surface area contributed by atoms with Crippen molar-refractivity contribution in [3.05, 3.63) is 0 Å². The smallest absolute Gasteiger partial charge is 0.0701 e. The fraction of sp³-hybridized carbons (Fsp3) is 1.00. The molecule has 0 heterocycles. The number of aliphatic hydroxyl groups is 1. The molecule has 0 amide bonds. The highest BCUT2D eigenvalue weighted by atomic mass is 16.5. The van der Waals surface area contributed by atoms with Crippen LogP contribution >= 0.6 is 0 Å². The van der Waals surface area contributed by atoms with Gasteiger partial charge in [-0.3, -0.25) is 0 Å². The van der Waals surface area contributed by atoms with Gasteiger partial charge in [-0.05, 0) is 12.8 Å². The van der Waals surface area contributed by atoms with Crippen molar-refractivity contribution in [3.8, 4) is 0 Å². The lowest BCUT2D eigenvalue weighted by atomic mass is 10.0. The van der Waals surface area contributed by atoms with E-state index in [4.69, 9.17) is 9.84 Å². The third-order valence-corrected chi connectivity index (χ3v) is 2.70. The van der Waals surface area contributed by atoms with E-state index in [2.05, 4.69) is 13.8 Å². The fourth-order valence-corrected chi connectivity index (χ4v) is 1.76. The Hall–Kier alpha value is -0.0800. The molecule has 1 atom stereocenters. The first-order valence-electron chi connectivity index (χ1n) is 6.57. The predicted molar refractivity (Wildman–Crippen MR) is 65.1 cm³/mol. The van der Waals surface area contributed by atoms with Crippen LogP contribution in [0.5, 0.6) is 0 Å². The number of hydrogen-bond donors (Lipinski definition) is 1. The molecule has 0 aliphatic heterocycles. The summed E-state index contributed by atoms with van der Waals surface area (Å²) in [6.07, 6.45) is 10.4. The number of unbranched alkanes of at least 4 members (excludes halogenated alkanes) is 4. The van der Waals surface area contributed by atoms with E-state index in [1.165, 1.54) is 44.9 Å². The van der Waals surface area contributed by atoms with Crippen LogP contribution in [0.2, 0.25) is 0 Å². The van der Waals surface area contributed by atoms with E-state index in [1.54, 1.807) is 0 Å². The number of hydrogen-bond acceptors (Lipinski definition) is 2. The zero-order valence-electron chi connectivity index (χ0n) is 10.5. The normalized spacial score (nSPS) is 13.0. The molecule has 0 aromatic rings. The van der Waals surface area contributed by atoms with Gasteiger partial charge < -0.3 is 9.84 Å². The summed E-state index contributed by atoms with van der Waals surface area (Å²) in [7, 11) is 0. The lowest BCUT2D eigenvalue weighted by Gasteiger charge is -2.16. The summed E-state index contributed by atoms with van der Waals surface area (Å²) < 4.78 is 5.62. The molecule has 0 rings (SSSR count). The van der Waals surface area contributed by atoms with E-state index < -0.39 is 0 Å². The van der Waals surface area contributed by atoms with Gasteiger partial charge in [0, 0.05) is 0 Å². The Kier molecular flexibility index (Phi) is 11.9. The van der Waals surface area contributed by atoms with Crippen LogP contribution in [0.1, 0.15) is 65.2 Å². The fourth-order valence-electron chi connectivity index (χ4n) is 1.76. The lowest BCUT2D eigenvalue weighted by Crippen LogP contribution is -2.15. The number of rotatable bonds is 11. The minimum absolute atomic E-state index is 0.150. The quantitative estimate of drug-likeness (QED) is 0.535. The van der Waals surface area contributed by atoms with Crippen molar-refractivity contribution in [2.75, 3.05) is 13.2 Å². The Morgan fingerprint density at radius 2 is 1.60 bits per heavy atom. The first-order valence-corrected chi connectivity index (χ1v) is 6.57. The molecule has 1 N–H and O–H groups in total. The highest BCUT2D eigenvalue weighted by Gasteiger charge is 2.07. The second-order valence-corrected chi connectivity index (χ2v) is 4.21. The number of ether oxygens (including phenoxy) is 1. The molecule has 0 aliphatic carbocycles. The molecule has 92 valence electrons. The number of aliphatic hydroxyl groups excluding tert-OH is 1. The first-order chi connectivity index (χ1) is 7.35. The molecule has 0 radical (unpaired) electrons. The molecule has 0 saturated heterocycles. The van der Waals surface area contributed by atoms with Crippen molar-refractivity contribution < 1.29 is 9.84 Å². The highest BCUT2D eigenvalue weighted by Crippen LogP contribution is 2.13. The molecular weight excluding hydrogens is 188 g/mol. The van der Waals surface area contributed by atoms with E-state index in [0.717, 1.165) is 6.42 Å². The van der Waals surface area contributed by atoms with Crippen molar-refractivity contribution >= 4 is 0 Å². The Morgan fingerprint density at radius 3 is 2.20 bits per heavy atom. The van der Waals surface area contributed by atoms with Gasteiger partial charge in [0.25, 0.3) is 0 Å². The maximum atomic E-state index is 8.73. The SMILES string of the molecule is CCCCCCC(CCCC)OCCO. The van der Waals surface area contributed by atoms with Gasteiger partial charge in [-0.25, -0.2) is 0 Å². The van der Waals surface area contributed by atoms with Crippen LogP contribution in [-0.2, 0) is 4.74 Å². The van der Waals surface area contributed by atoms with E-state index in [9.17, 15) is 0 Å². The van der Waals surface area contributed by atoms with Gasteiger partial charge in [0.1, 0.15) is 0 Å². The summed E-state index contributed by atoms with van der Waals surface area (Å²) in [6, 6.07) is 0. The minimum Gasteiger partial charge on any atom is -0.394 e. The van der Waals surface area contributed by atoms with E-state index in [0.29, 0.717) is 12.7 Å². The third kappa shape index (κ3) is 10.2. The minimum atomic E-state index is 0.150. The molecule has 0 aromatic heterocycles. The topological polar surface area (TPSA) is 29.5 Å². The molecule has 0 bridgehead atoms. The van der Waals surface area contributed by atoms with E-state index in [-0.39, 0.29) is 6.61 Å². The molecule has 0 saturated carbocycles. The molecule has 0 aromatic carbocycles. The van der Waals surface area contributed by atoms with Crippen molar-refractivity contribution in [1.82, 2.24) is 0 Å². The van der Waals surface area contributed by atoms with Crippen LogP contribution in [-0.4, -0.2) is 24.4 Å². The van der Waals surface area contributed by atoms with Crippen molar-refractivity contribution in [3.63, 3.8) is 0 Å². The standard InChI is InChI=1S/C13H28O2/c1-3-5-7-8-10-13(9-6-4-2)15-12-11-14/h13-14H,3-12H2,1-2H3. The van der Waals surface area contributed by atoms with Gasteiger partial charge in [-0.2, -0.15) is 0 Å². The molecule has 1 unspecified atom stereocenters. The maximum absolute atomic E-state index is 8.73. The Morgan fingerprint density at radius 1 is 0.933 bits per heavy atom. The van der Waals surface area contributed by atoms with Gasteiger partial charge >= 0.3 is 0 Å². The molecular formula is C13H28O2. The molecule has 0 aliphatic rings. The average Bonchev–Trinajstić information content (AvgIpc) is 2.27. The van der Waals surface area contributed by atoms with Gasteiger partial charge in [0.05, 0.1) is 19.3 Å². The van der Waals surface area contributed by atoms with Gasteiger partial charge in [-0.1, -0.05) is 52.4 Å². The largest absolute Gasteiger partial charge is 0.394 e. The summed E-state index contributed by atoms with van der Waals surface area (Å²) in [4.78, 5) is 0. The van der Waals surface area contributed by atoms with Crippen LogP contribution in [0.25, 0.3) is 0 Å². The molecule has 0 spiro atoms. The summed E-state index contributed by atoms with van der Waals surface area (Å²) >= 11 is 0. The third-order valence-electron chi connectivity index (χ3n) is 2.70.